The number of hydrogen-bond donors (Lipinski definition) is 27. The van der Waals surface area contributed by atoms with Crippen LogP contribution < -0.4 is 108 Å². The number of aromatic hydroxyl groups is 1. The number of nitrogens with two attached hydrogens (primary N) is 4. The number of phenols is 1. The molecule has 48 nitrogen and oxygen atoms in total. The van der Waals surface area contributed by atoms with Gasteiger partial charge in [0, 0.05) is 80.6 Å². The van der Waals surface area contributed by atoms with Crippen LogP contribution in [0.1, 0.15) is 162 Å². The lowest BCUT2D eigenvalue weighted by Gasteiger charge is -2.34. The van der Waals surface area contributed by atoms with E-state index < -0.39 is 264 Å². The molecule has 17 amide bonds. The zero-order valence-corrected chi connectivity index (χ0v) is 85.0. The van der Waals surface area contributed by atoms with Gasteiger partial charge in [0.1, 0.15) is 102 Å². The molecule has 0 saturated carbocycles. The fraction of sp³-hybridized carbons (Fsp3) is 0.583. The molecule has 146 heavy (non-hydrogen) atoms. The first-order valence-electron chi connectivity index (χ1n) is 49.3. The Hall–Kier alpha value is -13.5. The fourth-order valence-corrected chi connectivity index (χ4v) is 19.7. The van der Waals surface area contributed by atoms with Crippen LogP contribution in [0.25, 0.3) is 10.9 Å². The predicted molar refractivity (Wildman–Crippen MR) is 542 cm³/mol. The highest BCUT2D eigenvalue weighted by Crippen LogP contribution is 2.30. The second-order valence-corrected chi connectivity index (χ2v) is 40.6. The van der Waals surface area contributed by atoms with E-state index in [0.29, 0.717) is 34.0 Å². The Balaban J connectivity index is 1.22. The number of carboxylic acid groups (broad SMARTS) is 1. The van der Waals surface area contributed by atoms with Crippen molar-refractivity contribution in [2.45, 2.75) is 273 Å². The summed E-state index contributed by atoms with van der Waals surface area (Å²) in [6, 6.07) is -5.42. The number of carboxylic acids is 1. The van der Waals surface area contributed by atoms with Gasteiger partial charge in [0.2, 0.25) is 100 Å². The summed E-state index contributed by atoms with van der Waals surface area (Å²) in [6.45, 7) is 10.5. The third-order valence-electron chi connectivity index (χ3n) is 25.4. The number of unbranched alkanes of at least 4 members (excludes halogenated alkanes) is 1. The van der Waals surface area contributed by atoms with E-state index in [1.807, 2.05) is 13.8 Å². The van der Waals surface area contributed by atoms with Crippen LogP contribution in [0.2, 0.25) is 0 Å². The molecule has 0 unspecified atom stereocenters. The second-order valence-electron chi connectivity index (χ2n) is 38.0. The number of nitrogens with one attached hydrogen (secondary N) is 19. The number of guanidine groups is 2. The Morgan fingerprint density at radius 1 is 0.521 bits per heavy atom. The highest BCUT2D eigenvalue weighted by molar-refractivity contribution is 8.76. The SMILES string of the molecule is CC(C)C[C@H](N)C(=O)N[C@H](C(=O)N[C@@H](CCCNC(=N)N)C(=O)NCC(=O)N[C@H]1CSSC[C@@H](C(=O)N[C@@H](Cc2ccccc2)C(=O)N[C@H](C(=O)N[C@@H](CCCNC(=N)N)C(=O)O)C(C)C)NC(=O)[C@@H]2CCCN2C(=O)[C@H](CCCCN)NC(=O)[C@@H]2CCCN2C(=O)[C@@H]2CCCN2C(=O)[C@H](Cc2ccc(O)cc2)NC(=O)[C@H](CO)NC(=O)[C@H](C)NC(=O)[C@H]([C@@H](C)O)NC(=O)[C@H](Cc2c[nH]c3ccccc23)NC1=O)C(C)C. The number of aliphatic carboxylic acids is 1. The number of aliphatic hydroxyl groups is 2. The number of aliphatic hydroxyl groups excluding tert-OH is 2. The van der Waals surface area contributed by atoms with Crippen LogP contribution in [0.3, 0.4) is 0 Å². The molecule has 18 atom stereocenters. The number of carbonyl (C=O) groups excluding carboxylic acids is 17. The van der Waals surface area contributed by atoms with E-state index in [-0.39, 0.29) is 153 Å². The molecule has 4 saturated heterocycles. The Morgan fingerprint density at radius 2 is 1.05 bits per heavy atom. The molecule has 8 rings (SSSR count). The van der Waals surface area contributed by atoms with Gasteiger partial charge >= 0.3 is 5.97 Å². The minimum atomic E-state index is -1.99. The Morgan fingerprint density at radius 3 is 1.64 bits per heavy atom. The van der Waals surface area contributed by atoms with Crippen LogP contribution in [-0.2, 0) is 106 Å². The smallest absolute Gasteiger partial charge is 0.326 e. The van der Waals surface area contributed by atoms with E-state index in [1.165, 1.54) is 45.2 Å². The number of carbonyl (C=O) groups is 18. The molecule has 3 aromatic carbocycles. The number of amides is 17. The molecular formula is C96H144N26O22S2. The number of fused-ring (bicyclic) bond motifs is 4. The Labute approximate surface area is 854 Å². The molecule has 4 fully saturated rings. The van der Waals surface area contributed by atoms with Gasteiger partial charge in [-0.25, -0.2) is 4.79 Å². The van der Waals surface area contributed by atoms with E-state index in [4.69, 9.17) is 33.8 Å². The average Bonchev–Trinajstić information content (AvgIpc) is 1.64. The van der Waals surface area contributed by atoms with Gasteiger partial charge in [0.05, 0.1) is 25.3 Å². The van der Waals surface area contributed by atoms with Crippen LogP contribution >= 0.6 is 21.6 Å². The third-order valence-corrected chi connectivity index (χ3v) is 27.8. The maximum absolute atomic E-state index is 15.7. The normalized spacial score (nSPS) is 22.6. The van der Waals surface area contributed by atoms with Crippen LogP contribution in [0.15, 0.2) is 85.1 Å². The van der Waals surface area contributed by atoms with Crippen LogP contribution in [-0.4, -0.2) is 331 Å². The number of rotatable bonds is 39. The Bertz CT molecular complexity index is 5210. The average molecular weight is 2080 g/mol. The number of nitrogens with zero attached hydrogens (tertiary/aromatic N) is 3. The summed E-state index contributed by atoms with van der Waals surface area (Å²) < 4.78 is 0. The number of para-hydroxylation sites is 1. The first kappa shape index (κ1) is 118. The lowest BCUT2D eigenvalue weighted by atomic mass is 10.00. The largest absolute Gasteiger partial charge is 0.508 e. The molecule has 802 valence electrons. The fourth-order valence-electron chi connectivity index (χ4n) is 17.4. The third kappa shape index (κ3) is 35.7. The molecule has 1 aromatic heterocycles. The minimum absolute atomic E-state index is 0.00353. The summed E-state index contributed by atoms with van der Waals surface area (Å²) in [5, 5.41) is 100. The molecule has 0 radical (unpaired) electrons. The van der Waals surface area contributed by atoms with Crippen LogP contribution in [0.5, 0.6) is 5.75 Å². The first-order valence-corrected chi connectivity index (χ1v) is 51.7. The monoisotopic (exact) mass is 2080 g/mol. The molecule has 4 aromatic rings. The van der Waals surface area contributed by atoms with Crippen molar-refractivity contribution < 1.29 is 107 Å². The van der Waals surface area contributed by atoms with Crippen LogP contribution in [0, 0.1) is 28.6 Å². The van der Waals surface area contributed by atoms with Gasteiger partial charge in [-0.15, -0.1) is 0 Å². The summed E-state index contributed by atoms with van der Waals surface area (Å²) in [7, 11) is 1.58. The highest BCUT2D eigenvalue weighted by atomic mass is 33.1. The lowest BCUT2D eigenvalue weighted by molar-refractivity contribution is -0.148. The van der Waals surface area contributed by atoms with Gasteiger partial charge in [-0.2, -0.15) is 0 Å². The van der Waals surface area contributed by atoms with Crippen LogP contribution in [0.4, 0.5) is 0 Å². The summed E-state index contributed by atoms with van der Waals surface area (Å²) in [6.07, 6.45) is 0.323. The molecule has 31 N–H and O–H groups in total. The topological polar surface area (TPSA) is 758 Å². The number of benzene rings is 3. The Kier molecular flexibility index (Phi) is 46.8. The maximum atomic E-state index is 15.7. The van der Waals surface area contributed by atoms with E-state index in [0.717, 1.165) is 35.4 Å². The van der Waals surface area contributed by atoms with Gasteiger partial charge in [0.25, 0.3) is 0 Å². The second kappa shape index (κ2) is 58.0. The molecule has 4 aliphatic heterocycles. The van der Waals surface area contributed by atoms with Gasteiger partial charge in [-0.05, 0) is 163 Å². The maximum Gasteiger partial charge on any atom is 0.326 e. The van der Waals surface area contributed by atoms with E-state index >= 15 is 43.2 Å². The van der Waals surface area contributed by atoms with Crippen molar-refractivity contribution in [1.29, 1.82) is 10.8 Å². The van der Waals surface area contributed by atoms with Gasteiger partial charge in [-0.3, -0.25) is 92.3 Å². The van der Waals surface area contributed by atoms with Crippen molar-refractivity contribution >= 4 is 151 Å². The molecule has 0 bridgehead atoms. The number of phenolic OH excluding ortho intramolecular Hbond substituents is 1. The molecule has 0 spiro atoms. The number of aromatic amines is 1. The van der Waals surface area contributed by atoms with Crippen molar-refractivity contribution in [2.24, 2.45) is 40.7 Å². The molecule has 5 heterocycles. The summed E-state index contributed by atoms with van der Waals surface area (Å²) >= 11 is 0. The molecule has 50 heteroatoms. The molecular weight excluding hydrogens is 1930 g/mol. The van der Waals surface area contributed by atoms with Crippen molar-refractivity contribution in [3.8, 4) is 5.75 Å². The number of aromatic nitrogens is 1. The van der Waals surface area contributed by atoms with E-state index in [1.54, 1.807) is 82.3 Å². The number of H-pyrrole nitrogens is 1. The number of hydrogen-bond acceptors (Lipinski definition) is 27. The van der Waals surface area contributed by atoms with E-state index in [2.05, 4.69) is 90.1 Å². The predicted octanol–water partition coefficient (Wildman–Crippen LogP) is -4.49. The standard InChI is InChI=1S/C96H144N26O22S2/c1-50(2)41-60(98)79(128)117-75(51(3)4)88(137)109-62(26-16-36-103-95(99)100)80(129)106-46-74(126)108-69-48-145-146-49-70(85(134)112-65(42-55-21-10-9-11-22-55)81(130)118-76(52(5)6)89(138)111-64(94(143)144)27-17-37-104-96(101)102)116-87(136)71-28-18-38-120(71)91(140)63(25-14-15-35-97)110-86(135)72-29-19-39-121(72)93(142)73-30-20-40-122(73)92(141)67(43-56-31-33-58(125)34-32-56)114-83(132)68(47-123)115-78(127)53(7)107-90(139)77(54(8)124)119-82(131)66(113-84(69)133)44-57-45-105-61-24-13-12-23-59(57)61/h9-13,21-24,31-34,45,50-54,60,62-73,75-77,105,123-125H,14-20,25-30,35-44,46-49,97-98H2,1-8H3,(H,106,129)(H,107,139)(H,108,126)(H,109,137)(H,110,135)(H,111,138)(H,112,134)(H,113,133)(H,114,132)(H,115,127)(H,116,136)(H,117,128)(H,118,130)(H,119,131)(H,143,144)(H4,99,100,103)(H4,101,102,104)/t53-,54+,60-,62-,63-,64-,65-,66-,67-,68-,69-,70-,71-,72-,73-,75-,76-,77-/m0/s1. The van der Waals surface area contributed by atoms with Gasteiger partial charge < -0.3 is 148 Å². The highest BCUT2D eigenvalue weighted by Gasteiger charge is 2.48. The summed E-state index contributed by atoms with van der Waals surface area (Å²) in [4.78, 5) is 273. The van der Waals surface area contributed by atoms with E-state index in [9.17, 15) is 63.6 Å². The summed E-state index contributed by atoms with van der Waals surface area (Å²) in [5.41, 5.74) is 25.0. The molecule has 0 aliphatic carbocycles. The zero-order chi connectivity index (χ0) is 107. The first-order chi connectivity index (χ1) is 69.4. The van der Waals surface area contributed by atoms with Gasteiger partial charge in [-0.1, -0.05) is 124 Å². The lowest BCUT2D eigenvalue weighted by Crippen LogP contribution is -2.62. The van der Waals surface area contributed by atoms with Crippen molar-refractivity contribution in [1.82, 2.24) is 105 Å². The quantitative estimate of drug-likeness (QED) is 0.00867. The van der Waals surface area contributed by atoms with Crippen molar-refractivity contribution in [3.63, 3.8) is 0 Å². The van der Waals surface area contributed by atoms with Crippen molar-refractivity contribution in [3.05, 3.63) is 102 Å². The minimum Gasteiger partial charge on any atom is -0.508 e. The molecule has 4 aliphatic rings. The zero-order valence-electron chi connectivity index (χ0n) is 83.4. The van der Waals surface area contributed by atoms with Crippen molar-refractivity contribution in [2.75, 3.05) is 63.9 Å². The summed E-state index contributed by atoms with van der Waals surface area (Å²) in [5.74, 6) is -21.0. The van der Waals surface area contributed by atoms with Gasteiger partial charge in [0.15, 0.2) is 11.9 Å².